The molecule has 3 aromatic rings. The molecule has 0 aromatic heterocycles. The Balaban J connectivity index is 1.28. The minimum absolute atomic E-state index is 0.00592. The highest BCUT2D eigenvalue weighted by Crippen LogP contribution is 2.44. The van der Waals surface area contributed by atoms with Crippen molar-refractivity contribution in [2.75, 3.05) is 20.3 Å². The number of hydrogen-bond donors (Lipinski definition) is 3. The number of benzene rings is 3. The van der Waals surface area contributed by atoms with Crippen LogP contribution in [0.4, 0.5) is 4.79 Å². The topological polar surface area (TPSA) is 88.0 Å². The summed E-state index contributed by atoms with van der Waals surface area (Å²) >= 11 is 0. The highest BCUT2D eigenvalue weighted by atomic mass is 16.5. The third kappa shape index (κ3) is 4.87. The van der Waals surface area contributed by atoms with Gasteiger partial charge in [0.1, 0.15) is 18.5 Å². The predicted octanol–water partition coefficient (Wildman–Crippen LogP) is 4.33. The summed E-state index contributed by atoms with van der Waals surface area (Å²) in [7, 11) is 1.58. The summed E-state index contributed by atoms with van der Waals surface area (Å²) in [5.74, 6) is 0.684. The summed E-state index contributed by atoms with van der Waals surface area (Å²) in [5.41, 5.74) is 6.11. The number of alkyl carbamates (subject to hydrolysis) is 1. The van der Waals surface area contributed by atoms with Gasteiger partial charge in [-0.25, -0.2) is 4.79 Å². The van der Waals surface area contributed by atoms with E-state index in [2.05, 4.69) is 29.6 Å². The number of aliphatic hydroxyl groups is 2. The molecule has 0 aliphatic heterocycles. The number of aryl methyl sites for hydroxylation is 1. The maximum Gasteiger partial charge on any atom is 0.407 e. The molecular formula is C27H29NO5. The van der Waals surface area contributed by atoms with E-state index in [0.29, 0.717) is 11.3 Å². The summed E-state index contributed by atoms with van der Waals surface area (Å²) in [6, 6.07) is 21.6. The summed E-state index contributed by atoms with van der Waals surface area (Å²) in [6.07, 6.45) is -2.43. The van der Waals surface area contributed by atoms with E-state index in [1.165, 1.54) is 11.1 Å². The van der Waals surface area contributed by atoms with Gasteiger partial charge in [-0.15, -0.1) is 0 Å². The Morgan fingerprint density at radius 3 is 2.24 bits per heavy atom. The second-order valence-corrected chi connectivity index (χ2v) is 8.28. The Bertz CT molecular complexity index is 1080. The van der Waals surface area contributed by atoms with Gasteiger partial charge in [0.05, 0.1) is 13.2 Å². The zero-order valence-corrected chi connectivity index (χ0v) is 18.8. The number of carbonyl (C=O) groups excluding carboxylic acids is 1. The summed E-state index contributed by atoms with van der Waals surface area (Å²) in [5, 5.41) is 23.6. The number of rotatable bonds is 8. The second kappa shape index (κ2) is 10.1. The largest absolute Gasteiger partial charge is 0.497 e. The number of ether oxygens (including phenoxy) is 2. The lowest BCUT2D eigenvalue weighted by atomic mass is 9.97. The molecule has 3 aromatic carbocycles. The van der Waals surface area contributed by atoms with Crippen LogP contribution in [0.3, 0.4) is 0 Å². The molecule has 0 bridgehead atoms. The van der Waals surface area contributed by atoms with Crippen molar-refractivity contribution in [1.82, 2.24) is 5.32 Å². The Hall–Kier alpha value is -3.35. The Kier molecular flexibility index (Phi) is 6.96. The summed E-state index contributed by atoms with van der Waals surface area (Å²) in [6.45, 7) is 2.27. The standard InChI is InChI=1S/C27H29NO5/c1-17-15-18(32-2)11-12-19(17)26(30)25(29)13-14-28-27(31)33-16-24-22-9-5-3-7-20(22)21-8-4-6-10-23(21)24/h3-12,15,24-26,29-30H,13-14,16H2,1-2H3,(H,28,31). The minimum Gasteiger partial charge on any atom is -0.497 e. The first-order chi connectivity index (χ1) is 16.0. The number of hydrogen-bond acceptors (Lipinski definition) is 5. The van der Waals surface area contributed by atoms with Gasteiger partial charge in [-0.3, -0.25) is 0 Å². The molecule has 0 fully saturated rings. The normalized spacial score (nSPS) is 14.2. The summed E-state index contributed by atoms with van der Waals surface area (Å²) < 4.78 is 10.7. The van der Waals surface area contributed by atoms with E-state index in [0.717, 1.165) is 16.7 Å². The van der Waals surface area contributed by atoms with Crippen LogP contribution >= 0.6 is 0 Å². The van der Waals surface area contributed by atoms with Crippen molar-refractivity contribution < 1.29 is 24.5 Å². The van der Waals surface area contributed by atoms with Crippen LogP contribution in [0, 0.1) is 6.92 Å². The average molecular weight is 448 g/mol. The molecule has 1 amide bonds. The van der Waals surface area contributed by atoms with Crippen LogP contribution in [-0.2, 0) is 4.74 Å². The zero-order valence-electron chi connectivity index (χ0n) is 18.8. The van der Waals surface area contributed by atoms with Crippen molar-refractivity contribution in [2.24, 2.45) is 0 Å². The molecule has 0 saturated carbocycles. The maximum absolute atomic E-state index is 12.3. The van der Waals surface area contributed by atoms with E-state index >= 15 is 0 Å². The van der Waals surface area contributed by atoms with Gasteiger partial charge in [-0.2, -0.15) is 0 Å². The molecule has 1 aliphatic rings. The quantitative estimate of drug-likeness (QED) is 0.479. The third-order valence-corrected chi connectivity index (χ3v) is 6.21. The fraction of sp³-hybridized carbons (Fsp3) is 0.296. The van der Waals surface area contributed by atoms with Gasteiger partial charge in [-0.1, -0.05) is 54.6 Å². The Labute approximate surface area is 193 Å². The SMILES string of the molecule is COc1ccc(C(O)C(O)CCNC(=O)OCC2c3ccccc3-c3ccccc32)c(C)c1. The molecule has 0 saturated heterocycles. The zero-order chi connectivity index (χ0) is 23.4. The molecule has 172 valence electrons. The Morgan fingerprint density at radius 2 is 1.64 bits per heavy atom. The molecular weight excluding hydrogens is 418 g/mol. The molecule has 3 N–H and O–H groups in total. The van der Waals surface area contributed by atoms with E-state index in [9.17, 15) is 15.0 Å². The fourth-order valence-electron chi connectivity index (χ4n) is 4.44. The molecule has 0 spiro atoms. The van der Waals surface area contributed by atoms with Crippen molar-refractivity contribution in [2.45, 2.75) is 31.5 Å². The van der Waals surface area contributed by atoms with Crippen LogP contribution in [0.25, 0.3) is 11.1 Å². The highest BCUT2D eigenvalue weighted by Gasteiger charge is 2.29. The smallest absolute Gasteiger partial charge is 0.407 e. The fourth-order valence-corrected chi connectivity index (χ4v) is 4.44. The molecule has 2 unspecified atom stereocenters. The van der Waals surface area contributed by atoms with E-state index in [4.69, 9.17) is 9.47 Å². The van der Waals surface area contributed by atoms with Crippen LogP contribution < -0.4 is 10.1 Å². The maximum atomic E-state index is 12.3. The van der Waals surface area contributed by atoms with Crippen molar-refractivity contribution in [1.29, 1.82) is 0 Å². The van der Waals surface area contributed by atoms with Crippen molar-refractivity contribution in [3.05, 3.63) is 89.0 Å². The van der Waals surface area contributed by atoms with Gasteiger partial charge in [0.15, 0.2) is 0 Å². The first-order valence-electron chi connectivity index (χ1n) is 11.1. The molecule has 6 heteroatoms. The number of nitrogens with one attached hydrogen (secondary N) is 1. The molecule has 0 radical (unpaired) electrons. The van der Waals surface area contributed by atoms with Gasteiger partial charge < -0.3 is 25.0 Å². The number of aliphatic hydroxyl groups excluding tert-OH is 2. The van der Waals surface area contributed by atoms with Crippen LogP contribution in [0.5, 0.6) is 5.75 Å². The van der Waals surface area contributed by atoms with Gasteiger partial charge >= 0.3 is 6.09 Å². The number of fused-ring (bicyclic) bond motifs is 3. The second-order valence-electron chi connectivity index (χ2n) is 8.28. The van der Waals surface area contributed by atoms with E-state index in [-0.39, 0.29) is 25.5 Å². The third-order valence-electron chi connectivity index (χ3n) is 6.21. The lowest BCUT2D eigenvalue weighted by molar-refractivity contribution is 0.0133. The molecule has 4 rings (SSSR count). The van der Waals surface area contributed by atoms with Gasteiger partial charge in [0.2, 0.25) is 0 Å². The molecule has 6 nitrogen and oxygen atoms in total. The minimum atomic E-state index is -1.06. The molecule has 1 aliphatic carbocycles. The highest BCUT2D eigenvalue weighted by molar-refractivity contribution is 5.79. The summed E-state index contributed by atoms with van der Waals surface area (Å²) in [4.78, 5) is 12.3. The van der Waals surface area contributed by atoms with Crippen molar-refractivity contribution in [3.63, 3.8) is 0 Å². The van der Waals surface area contributed by atoms with Crippen molar-refractivity contribution >= 4 is 6.09 Å². The van der Waals surface area contributed by atoms with Crippen LogP contribution in [0.1, 0.15) is 40.7 Å². The van der Waals surface area contributed by atoms with Gasteiger partial charge in [0, 0.05) is 12.5 Å². The monoisotopic (exact) mass is 447 g/mol. The van der Waals surface area contributed by atoms with E-state index < -0.39 is 18.3 Å². The number of amides is 1. The van der Waals surface area contributed by atoms with E-state index in [1.807, 2.05) is 31.2 Å². The Morgan fingerprint density at radius 1 is 1.00 bits per heavy atom. The number of methoxy groups -OCH3 is 1. The molecule has 2 atom stereocenters. The van der Waals surface area contributed by atoms with Gasteiger partial charge in [-0.05, 0) is 58.9 Å². The van der Waals surface area contributed by atoms with Crippen LogP contribution in [-0.4, -0.2) is 42.7 Å². The molecule has 33 heavy (non-hydrogen) atoms. The first kappa shape index (κ1) is 22.8. The lowest BCUT2D eigenvalue weighted by Gasteiger charge is -2.20. The lowest BCUT2D eigenvalue weighted by Crippen LogP contribution is -2.30. The predicted molar refractivity (Wildman–Crippen MR) is 126 cm³/mol. The van der Waals surface area contributed by atoms with Crippen LogP contribution in [0.15, 0.2) is 66.7 Å². The number of carbonyl (C=O) groups is 1. The first-order valence-corrected chi connectivity index (χ1v) is 11.1. The average Bonchev–Trinajstić information content (AvgIpc) is 3.16. The molecule has 0 heterocycles. The van der Waals surface area contributed by atoms with E-state index in [1.54, 1.807) is 25.3 Å². The van der Waals surface area contributed by atoms with Gasteiger partial charge in [0.25, 0.3) is 0 Å². The van der Waals surface area contributed by atoms with Crippen molar-refractivity contribution in [3.8, 4) is 16.9 Å². The van der Waals surface area contributed by atoms with Crippen LogP contribution in [0.2, 0.25) is 0 Å².